The van der Waals surface area contributed by atoms with Crippen LogP contribution in [0.25, 0.3) is 0 Å². The molecule has 0 aliphatic heterocycles. The Balaban J connectivity index is 3.21. The Labute approximate surface area is 127 Å². The zero-order chi connectivity index (χ0) is 17.1. The van der Waals surface area contributed by atoms with Gasteiger partial charge in [-0.3, -0.25) is 0 Å². The Morgan fingerprint density at radius 2 is 1.73 bits per heavy atom. The van der Waals surface area contributed by atoms with E-state index in [0.29, 0.717) is 6.29 Å². The van der Waals surface area contributed by atoms with Gasteiger partial charge in [0.1, 0.15) is 23.2 Å². The van der Waals surface area contributed by atoms with Crippen LogP contribution in [-0.4, -0.2) is 25.1 Å². The van der Waals surface area contributed by atoms with Crippen molar-refractivity contribution in [3.05, 3.63) is 29.3 Å². The van der Waals surface area contributed by atoms with Gasteiger partial charge in [0.25, 0.3) is 0 Å². The molecule has 0 aromatic heterocycles. The summed E-state index contributed by atoms with van der Waals surface area (Å²) < 4.78 is 36.8. The van der Waals surface area contributed by atoms with Crippen LogP contribution in [0.3, 0.4) is 0 Å². The second kappa shape index (κ2) is 6.29. The molecule has 1 N–H and O–H groups in total. The summed E-state index contributed by atoms with van der Waals surface area (Å²) in [5.74, 6) is -2.34. The first kappa shape index (κ1) is 17.9. The highest BCUT2D eigenvalue weighted by atomic mass is 19.2. The number of halogens is 2. The lowest BCUT2D eigenvalue weighted by Gasteiger charge is -2.29. The minimum atomic E-state index is -1.64. The molecule has 0 heterocycles. The van der Waals surface area contributed by atoms with Crippen molar-refractivity contribution < 1.29 is 27.8 Å². The molecule has 1 aromatic carbocycles. The van der Waals surface area contributed by atoms with Crippen LogP contribution in [0, 0.1) is 11.6 Å². The van der Waals surface area contributed by atoms with Crippen molar-refractivity contribution in [3.8, 4) is 5.75 Å². The number of alkyl carbamates (subject to hydrolysis) is 1. The lowest BCUT2D eigenvalue weighted by atomic mass is 9.92. The number of methoxy groups -OCH3 is 1. The lowest BCUT2D eigenvalue weighted by Crippen LogP contribution is -2.47. The third kappa shape index (κ3) is 4.16. The first-order valence-corrected chi connectivity index (χ1v) is 6.53. The number of amides is 1. The Bertz CT molecular complexity index is 584. The minimum Gasteiger partial charge on any atom is -0.496 e. The van der Waals surface area contributed by atoms with E-state index < -0.39 is 28.9 Å². The molecule has 1 aromatic rings. The molecule has 1 atom stereocenters. The van der Waals surface area contributed by atoms with Crippen molar-refractivity contribution >= 4 is 12.4 Å². The second-order valence-electron chi connectivity index (χ2n) is 5.91. The number of carbonyl (C=O) groups excluding carboxylic acids is 2. The van der Waals surface area contributed by atoms with Crippen molar-refractivity contribution in [2.24, 2.45) is 0 Å². The molecular formula is C15H19F2NO4. The Kier molecular flexibility index (Phi) is 5.11. The third-order valence-electron chi connectivity index (χ3n) is 2.80. The Morgan fingerprint density at radius 3 is 2.18 bits per heavy atom. The Morgan fingerprint density at radius 1 is 1.18 bits per heavy atom. The number of ether oxygens (including phenoxy) is 2. The van der Waals surface area contributed by atoms with Crippen molar-refractivity contribution in [1.82, 2.24) is 5.32 Å². The first-order chi connectivity index (χ1) is 10.0. The summed E-state index contributed by atoms with van der Waals surface area (Å²) in [6.07, 6.45) is -0.472. The van der Waals surface area contributed by atoms with Gasteiger partial charge in [0.05, 0.1) is 7.11 Å². The first-order valence-electron chi connectivity index (χ1n) is 6.53. The molecule has 0 radical (unpaired) electrons. The fraction of sp³-hybridized carbons (Fsp3) is 0.467. The fourth-order valence-corrected chi connectivity index (χ4v) is 1.78. The summed E-state index contributed by atoms with van der Waals surface area (Å²) in [4.78, 5) is 23.3. The summed E-state index contributed by atoms with van der Waals surface area (Å²) in [7, 11) is 1.24. The van der Waals surface area contributed by atoms with E-state index in [2.05, 4.69) is 5.32 Å². The van der Waals surface area contributed by atoms with Gasteiger partial charge in [0.15, 0.2) is 11.6 Å². The van der Waals surface area contributed by atoms with Crippen LogP contribution in [0.4, 0.5) is 13.6 Å². The summed E-state index contributed by atoms with van der Waals surface area (Å²) in [6, 6.07) is 1.61. The van der Waals surface area contributed by atoms with Gasteiger partial charge < -0.3 is 19.6 Å². The number of hydrogen-bond donors (Lipinski definition) is 1. The SMILES string of the molecule is COc1cc(F)c(F)cc1C(C)(C=O)NC(=O)OC(C)(C)C. The largest absolute Gasteiger partial charge is 0.496 e. The van der Waals surface area contributed by atoms with Gasteiger partial charge >= 0.3 is 6.09 Å². The quantitative estimate of drug-likeness (QED) is 0.868. The van der Waals surface area contributed by atoms with Crippen LogP contribution in [0.15, 0.2) is 12.1 Å². The predicted molar refractivity (Wildman–Crippen MR) is 75.7 cm³/mol. The summed E-state index contributed by atoms with van der Waals surface area (Å²) in [6.45, 7) is 6.30. The third-order valence-corrected chi connectivity index (χ3v) is 2.80. The standard InChI is InChI=1S/C15H19F2NO4/c1-14(2,3)22-13(20)18-15(4,8-19)9-6-10(16)11(17)7-12(9)21-5/h6-8H,1-5H3,(H,18,20). The Hall–Kier alpha value is -2.18. The maximum Gasteiger partial charge on any atom is 0.408 e. The molecule has 0 aliphatic carbocycles. The van der Waals surface area contributed by atoms with Gasteiger partial charge in [-0.2, -0.15) is 0 Å². The summed E-state index contributed by atoms with van der Waals surface area (Å²) >= 11 is 0. The molecule has 7 heteroatoms. The molecule has 122 valence electrons. The monoisotopic (exact) mass is 315 g/mol. The highest BCUT2D eigenvalue weighted by Gasteiger charge is 2.34. The van der Waals surface area contributed by atoms with Gasteiger partial charge in [-0.05, 0) is 33.8 Å². The number of benzene rings is 1. The van der Waals surface area contributed by atoms with Crippen molar-refractivity contribution in [1.29, 1.82) is 0 Å². The normalized spacial score (nSPS) is 14.0. The van der Waals surface area contributed by atoms with E-state index >= 15 is 0 Å². The van der Waals surface area contributed by atoms with Crippen molar-refractivity contribution in [3.63, 3.8) is 0 Å². The molecule has 0 fully saturated rings. The number of nitrogens with one attached hydrogen (secondary N) is 1. The number of rotatable bonds is 4. The molecule has 1 unspecified atom stereocenters. The number of carbonyl (C=O) groups is 2. The lowest BCUT2D eigenvalue weighted by molar-refractivity contribution is -0.113. The van der Waals surface area contributed by atoms with E-state index in [1.165, 1.54) is 14.0 Å². The molecular weight excluding hydrogens is 296 g/mol. The highest BCUT2D eigenvalue weighted by molar-refractivity contribution is 5.78. The number of hydrogen-bond acceptors (Lipinski definition) is 4. The molecule has 0 saturated carbocycles. The average Bonchev–Trinajstić information content (AvgIpc) is 2.38. The van der Waals surface area contributed by atoms with Gasteiger partial charge in [-0.15, -0.1) is 0 Å². The zero-order valence-corrected chi connectivity index (χ0v) is 13.1. The maximum absolute atomic E-state index is 13.5. The molecule has 1 amide bonds. The van der Waals surface area contributed by atoms with E-state index in [4.69, 9.17) is 9.47 Å². The minimum absolute atomic E-state index is 0.0187. The zero-order valence-electron chi connectivity index (χ0n) is 13.1. The smallest absolute Gasteiger partial charge is 0.408 e. The van der Waals surface area contributed by atoms with Crippen LogP contribution >= 0.6 is 0 Å². The molecule has 0 aliphatic rings. The summed E-state index contributed by atoms with van der Waals surface area (Å²) in [5, 5.41) is 2.34. The van der Waals surface area contributed by atoms with Crippen LogP contribution in [-0.2, 0) is 15.1 Å². The van der Waals surface area contributed by atoms with Gasteiger partial charge in [0, 0.05) is 11.6 Å². The summed E-state index contributed by atoms with van der Waals surface area (Å²) in [5.41, 5.74) is -2.43. The van der Waals surface area contributed by atoms with Crippen LogP contribution in [0.5, 0.6) is 5.75 Å². The molecule has 0 spiro atoms. The molecule has 5 nitrogen and oxygen atoms in total. The van der Waals surface area contributed by atoms with Crippen LogP contribution in [0.2, 0.25) is 0 Å². The van der Waals surface area contributed by atoms with Crippen molar-refractivity contribution in [2.45, 2.75) is 38.8 Å². The van der Waals surface area contributed by atoms with E-state index in [-0.39, 0.29) is 11.3 Å². The van der Waals surface area contributed by atoms with E-state index in [1.54, 1.807) is 20.8 Å². The van der Waals surface area contributed by atoms with E-state index in [1.807, 2.05) is 0 Å². The van der Waals surface area contributed by atoms with Crippen LogP contribution in [0.1, 0.15) is 33.3 Å². The molecule has 1 rings (SSSR count). The highest BCUT2D eigenvalue weighted by Crippen LogP contribution is 2.31. The van der Waals surface area contributed by atoms with Crippen molar-refractivity contribution in [2.75, 3.05) is 7.11 Å². The predicted octanol–water partition coefficient (Wildman–Crippen LogP) is 2.91. The molecule has 0 saturated heterocycles. The van der Waals surface area contributed by atoms with Gasteiger partial charge in [0.2, 0.25) is 0 Å². The van der Waals surface area contributed by atoms with E-state index in [0.717, 1.165) is 12.1 Å². The second-order valence-corrected chi connectivity index (χ2v) is 5.91. The average molecular weight is 315 g/mol. The van der Waals surface area contributed by atoms with Gasteiger partial charge in [-0.1, -0.05) is 0 Å². The molecule has 0 bridgehead atoms. The number of aldehydes is 1. The molecule has 22 heavy (non-hydrogen) atoms. The van der Waals surface area contributed by atoms with Gasteiger partial charge in [-0.25, -0.2) is 13.6 Å². The topological polar surface area (TPSA) is 64.6 Å². The fourth-order valence-electron chi connectivity index (χ4n) is 1.78. The van der Waals surface area contributed by atoms with Crippen LogP contribution < -0.4 is 10.1 Å². The maximum atomic E-state index is 13.5. The van der Waals surface area contributed by atoms with E-state index in [9.17, 15) is 18.4 Å².